The summed E-state index contributed by atoms with van der Waals surface area (Å²) in [7, 11) is 0. The van der Waals surface area contributed by atoms with E-state index in [0.29, 0.717) is 0 Å². The molecule has 0 aliphatic heterocycles. The van der Waals surface area contributed by atoms with E-state index in [9.17, 15) is 0 Å². The van der Waals surface area contributed by atoms with Crippen molar-refractivity contribution in [3.8, 4) is 11.8 Å². The Bertz CT molecular complexity index is 167. The van der Waals surface area contributed by atoms with Gasteiger partial charge in [0.05, 0.1) is 0 Å². The maximum atomic E-state index is 5.47. The average Bonchev–Trinajstić information content (AvgIpc) is 2.26. The number of rotatable bonds is 10. The molecular formula is C13H24O2. The van der Waals surface area contributed by atoms with Gasteiger partial charge in [0.2, 0.25) is 0 Å². The number of hydrogen-bond donors (Lipinski definition) is 0. The van der Waals surface area contributed by atoms with Crippen LogP contribution in [0.15, 0.2) is 0 Å². The summed E-state index contributed by atoms with van der Waals surface area (Å²) in [4.78, 5) is 0. The molecule has 2 nitrogen and oxygen atoms in total. The van der Waals surface area contributed by atoms with Crippen molar-refractivity contribution in [3.05, 3.63) is 0 Å². The molecule has 0 saturated heterocycles. The van der Waals surface area contributed by atoms with Gasteiger partial charge in [-0.15, -0.1) is 11.8 Å². The summed E-state index contributed by atoms with van der Waals surface area (Å²) in [5.41, 5.74) is 0. The Morgan fingerprint density at radius 1 is 0.867 bits per heavy atom. The van der Waals surface area contributed by atoms with E-state index in [4.69, 9.17) is 9.47 Å². The molecule has 88 valence electrons. The Morgan fingerprint density at radius 3 is 2.33 bits per heavy atom. The van der Waals surface area contributed by atoms with E-state index < -0.39 is 0 Å². The number of unbranched alkanes of at least 4 members (excludes halogenated alkanes) is 3. The van der Waals surface area contributed by atoms with Crippen LogP contribution in [0.25, 0.3) is 0 Å². The van der Waals surface area contributed by atoms with Crippen LogP contribution in [0, 0.1) is 11.8 Å². The molecule has 0 aromatic carbocycles. The van der Waals surface area contributed by atoms with Crippen LogP contribution in [0.5, 0.6) is 0 Å². The molecule has 0 saturated carbocycles. The van der Waals surface area contributed by atoms with Gasteiger partial charge in [-0.05, 0) is 33.1 Å². The molecule has 0 aliphatic carbocycles. The van der Waals surface area contributed by atoms with E-state index in [1.165, 1.54) is 12.8 Å². The van der Waals surface area contributed by atoms with Crippen molar-refractivity contribution in [1.29, 1.82) is 0 Å². The highest BCUT2D eigenvalue weighted by Crippen LogP contribution is 1.99. The molecule has 15 heavy (non-hydrogen) atoms. The lowest BCUT2D eigenvalue weighted by molar-refractivity contribution is 0.0861. The summed E-state index contributed by atoms with van der Waals surface area (Å²) in [5.74, 6) is 5.97. The monoisotopic (exact) mass is 212 g/mol. The van der Waals surface area contributed by atoms with Crippen LogP contribution in [-0.4, -0.2) is 26.4 Å². The zero-order valence-electron chi connectivity index (χ0n) is 10.2. The molecule has 0 aromatic rings. The zero-order valence-corrected chi connectivity index (χ0v) is 10.2. The molecule has 0 heterocycles. The maximum absolute atomic E-state index is 5.47. The molecule has 0 unspecified atom stereocenters. The molecule has 0 atom stereocenters. The Hall–Kier alpha value is -0.520. The zero-order chi connectivity index (χ0) is 11.2. The van der Waals surface area contributed by atoms with E-state index in [2.05, 4.69) is 11.8 Å². The molecule has 0 spiro atoms. The topological polar surface area (TPSA) is 18.5 Å². The van der Waals surface area contributed by atoms with Crippen LogP contribution in [-0.2, 0) is 9.47 Å². The molecule has 0 aromatic heterocycles. The SMILES string of the molecule is CC#CCCCCCOCCCOCC. The molecule has 0 aliphatic rings. The largest absolute Gasteiger partial charge is 0.382 e. The molecule has 0 rings (SSSR count). The fraction of sp³-hybridized carbons (Fsp3) is 0.846. The first-order chi connectivity index (χ1) is 7.41. The molecule has 0 radical (unpaired) electrons. The summed E-state index contributed by atoms with van der Waals surface area (Å²) in [5, 5.41) is 0. The quantitative estimate of drug-likeness (QED) is 0.409. The second-order valence-electron chi connectivity index (χ2n) is 3.40. The van der Waals surface area contributed by atoms with Crippen LogP contribution in [0.3, 0.4) is 0 Å². The van der Waals surface area contributed by atoms with Crippen LogP contribution < -0.4 is 0 Å². The van der Waals surface area contributed by atoms with E-state index >= 15 is 0 Å². The van der Waals surface area contributed by atoms with Crippen LogP contribution >= 0.6 is 0 Å². The summed E-state index contributed by atoms with van der Waals surface area (Å²) in [6, 6.07) is 0. The van der Waals surface area contributed by atoms with Crippen molar-refractivity contribution in [1.82, 2.24) is 0 Å². The summed E-state index contributed by atoms with van der Waals surface area (Å²) in [6.45, 7) is 7.24. The lowest BCUT2D eigenvalue weighted by Gasteiger charge is -2.03. The highest BCUT2D eigenvalue weighted by Gasteiger charge is 1.90. The van der Waals surface area contributed by atoms with Gasteiger partial charge in [0.1, 0.15) is 0 Å². The minimum Gasteiger partial charge on any atom is -0.382 e. The minimum absolute atomic E-state index is 0.804. The van der Waals surface area contributed by atoms with E-state index in [1.54, 1.807) is 0 Å². The molecule has 0 bridgehead atoms. The van der Waals surface area contributed by atoms with Gasteiger partial charge < -0.3 is 9.47 Å². The molecule has 0 N–H and O–H groups in total. The first-order valence-electron chi connectivity index (χ1n) is 5.97. The third-order valence-corrected chi connectivity index (χ3v) is 2.05. The van der Waals surface area contributed by atoms with Gasteiger partial charge in [0.15, 0.2) is 0 Å². The fourth-order valence-electron chi connectivity index (χ4n) is 1.23. The Morgan fingerprint density at radius 2 is 1.60 bits per heavy atom. The van der Waals surface area contributed by atoms with Gasteiger partial charge in [-0.2, -0.15) is 0 Å². The van der Waals surface area contributed by atoms with Gasteiger partial charge in [0.25, 0.3) is 0 Å². The molecular weight excluding hydrogens is 188 g/mol. The minimum atomic E-state index is 0.804. The van der Waals surface area contributed by atoms with E-state index in [-0.39, 0.29) is 0 Å². The highest BCUT2D eigenvalue weighted by atomic mass is 16.5. The van der Waals surface area contributed by atoms with Crippen molar-refractivity contribution < 1.29 is 9.47 Å². The average molecular weight is 212 g/mol. The number of ether oxygens (including phenoxy) is 2. The first kappa shape index (κ1) is 14.5. The van der Waals surface area contributed by atoms with Crippen molar-refractivity contribution in [2.24, 2.45) is 0 Å². The van der Waals surface area contributed by atoms with Gasteiger partial charge in [-0.3, -0.25) is 0 Å². The third-order valence-electron chi connectivity index (χ3n) is 2.05. The van der Waals surface area contributed by atoms with Crippen molar-refractivity contribution in [3.63, 3.8) is 0 Å². The Kier molecular flexibility index (Phi) is 13.0. The van der Waals surface area contributed by atoms with Gasteiger partial charge in [-0.25, -0.2) is 0 Å². The summed E-state index contributed by atoms with van der Waals surface area (Å²) < 4.78 is 10.7. The second-order valence-corrected chi connectivity index (χ2v) is 3.40. The smallest absolute Gasteiger partial charge is 0.0487 e. The van der Waals surface area contributed by atoms with Crippen LogP contribution in [0.4, 0.5) is 0 Å². The Labute approximate surface area is 94.3 Å². The first-order valence-corrected chi connectivity index (χ1v) is 5.97. The van der Waals surface area contributed by atoms with Gasteiger partial charge >= 0.3 is 0 Å². The molecule has 0 fully saturated rings. The summed E-state index contributed by atoms with van der Waals surface area (Å²) in [6.07, 6.45) is 5.61. The van der Waals surface area contributed by atoms with Gasteiger partial charge in [0, 0.05) is 32.8 Å². The van der Waals surface area contributed by atoms with Gasteiger partial charge in [-0.1, -0.05) is 6.42 Å². The predicted octanol–water partition coefficient (Wildman–Crippen LogP) is 3.01. The maximum Gasteiger partial charge on any atom is 0.0487 e. The lowest BCUT2D eigenvalue weighted by Crippen LogP contribution is -2.01. The summed E-state index contributed by atoms with van der Waals surface area (Å²) >= 11 is 0. The van der Waals surface area contributed by atoms with Crippen LogP contribution in [0.2, 0.25) is 0 Å². The van der Waals surface area contributed by atoms with Crippen molar-refractivity contribution in [2.75, 3.05) is 26.4 Å². The molecule has 0 amide bonds. The number of hydrogen-bond acceptors (Lipinski definition) is 2. The van der Waals surface area contributed by atoms with E-state index in [1.807, 2.05) is 13.8 Å². The lowest BCUT2D eigenvalue weighted by atomic mass is 10.2. The predicted molar refractivity (Wildman–Crippen MR) is 63.8 cm³/mol. The standard InChI is InChI=1S/C13H24O2/c1-3-5-6-7-8-9-11-15-13-10-12-14-4-2/h4,6-13H2,1-2H3. The van der Waals surface area contributed by atoms with Crippen molar-refractivity contribution >= 4 is 0 Å². The Balaban J connectivity index is 2.88. The molecule has 2 heteroatoms. The van der Waals surface area contributed by atoms with Crippen LogP contribution in [0.1, 0.15) is 46.0 Å². The normalized spacial score (nSPS) is 9.73. The second kappa shape index (κ2) is 13.5. The van der Waals surface area contributed by atoms with E-state index in [0.717, 1.165) is 45.7 Å². The highest BCUT2D eigenvalue weighted by molar-refractivity contribution is 4.94. The third kappa shape index (κ3) is 13.5. The van der Waals surface area contributed by atoms with Crippen molar-refractivity contribution in [2.45, 2.75) is 46.0 Å². The fourth-order valence-corrected chi connectivity index (χ4v) is 1.23.